The summed E-state index contributed by atoms with van der Waals surface area (Å²) in [5.41, 5.74) is 0.815. The minimum Gasteiger partial charge on any atom is -0.497 e. The Hall–Kier alpha value is -1.54. The average molecular weight is 278 g/mol. The number of rotatable bonds is 4. The van der Waals surface area contributed by atoms with Crippen molar-refractivity contribution in [2.24, 2.45) is 5.92 Å². The van der Waals surface area contributed by atoms with Crippen LogP contribution in [-0.2, 0) is 4.74 Å². The molecule has 19 heavy (non-hydrogen) atoms. The van der Waals surface area contributed by atoms with Gasteiger partial charge >= 0.3 is 0 Å². The van der Waals surface area contributed by atoms with Crippen LogP contribution < -0.4 is 0 Å². The quantitative estimate of drug-likeness (QED) is 0.583. The Bertz CT molecular complexity index is 447. The Labute approximate surface area is 120 Å². The summed E-state index contributed by atoms with van der Waals surface area (Å²) in [6, 6.07) is 5.63. The topological polar surface area (TPSA) is 22.1 Å². The third kappa shape index (κ3) is 8.22. The molecule has 0 spiro atoms. The summed E-state index contributed by atoms with van der Waals surface area (Å²) in [6.07, 6.45) is 9.86. The SMILES string of the molecule is C=C(/C=C\C(Cl)=C\c1ccccn1)OC.CC1CC1. The fraction of sp³-hybridized carbons (Fsp3) is 0.312. The highest BCUT2D eigenvalue weighted by molar-refractivity contribution is 6.33. The number of hydrogen-bond acceptors (Lipinski definition) is 2. The first kappa shape index (κ1) is 15.5. The highest BCUT2D eigenvalue weighted by Crippen LogP contribution is 2.26. The van der Waals surface area contributed by atoms with Crippen molar-refractivity contribution in [3.8, 4) is 0 Å². The Morgan fingerprint density at radius 2 is 2.11 bits per heavy atom. The van der Waals surface area contributed by atoms with Crippen molar-refractivity contribution < 1.29 is 4.74 Å². The molecule has 0 radical (unpaired) electrons. The van der Waals surface area contributed by atoms with Gasteiger partial charge in [-0.1, -0.05) is 44.0 Å². The van der Waals surface area contributed by atoms with Gasteiger partial charge in [0, 0.05) is 11.2 Å². The lowest BCUT2D eigenvalue weighted by molar-refractivity contribution is 0.309. The summed E-state index contributed by atoms with van der Waals surface area (Å²) in [7, 11) is 1.56. The van der Waals surface area contributed by atoms with Gasteiger partial charge in [0.15, 0.2) is 0 Å². The van der Waals surface area contributed by atoms with E-state index < -0.39 is 0 Å². The molecule has 0 unspecified atom stereocenters. The van der Waals surface area contributed by atoms with Crippen LogP contribution in [0.1, 0.15) is 25.5 Å². The third-order valence-corrected chi connectivity index (χ3v) is 2.77. The lowest BCUT2D eigenvalue weighted by Crippen LogP contribution is -1.79. The molecule has 1 saturated carbocycles. The van der Waals surface area contributed by atoms with Crippen molar-refractivity contribution in [1.29, 1.82) is 0 Å². The van der Waals surface area contributed by atoms with Crippen molar-refractivity contribution in [2.75, 3.05) is 7.11 Å². The smallest absolute Gasteiger partial charge is 0.111 e. The van der Waals surface area contributed by atoms with Crippen LogP contribution in [-0.4, -0.2) is 12.1 Å². The standard InChI is InChI=1S/C12H12ClNO.C4H8/c1-10(15-2)6-7-11(13)9-12-5-3-4-8-14-12;1-4-2-3-4/h3-9H,1H2,2H3;4H,2-3H2,1H3/b7-6-,11-9-;. The van der Waals surface area contributed by atoms with E-state index in [-0.39, 0.29) is 0 Å². The zero-order valence-electron chi connectivity index (χ0n) is 11.5. The van der Waals surface area contributed by atoms with Gasteiger partial charge in [0.25, 0.3) is 0 Å². The van der Waals surface area contributed by atoms with E-state index in [1.807, 2.05) is 18.2 Å². The Balaban J connectivity index is 0.000000382. The van der Waals surface area contributed by atoms with Crippen LogP contribution in [0, 0.1) is 5.92 Å². The minimum atomic E-state index is 0.558. The molecular formula is C16H20ClNO. The van der Waals surface area contributed by atoms with Crippen LogP contribution in [0.4, 0.5) is 0 Å². The van der Waals surface area contributed by atoms with Crippen molar-refractivity contribution in [1.82, 2.24) is 4.98 Å². The van der Waals surface area contributed by atoms with Crippen LogP contribution in [0.5, 0.6) is 0 Å². The van der Waals surface area contributed by atoms with Crippen molar-refractivity contribution in [2.45, 2.75) is 19.8 Å². The fourth-order valence-electron chi connectivity index (χ4n) is 1.06. The Morgan fingerprint density at radius 1 is 1.42 bits per heavy atom. The van der Waals surface area contributed by atoms with E-state index in [1.54, 1.807) is 31.5 Å². The molecular weight excluding hydrogens is 258 g/mol. The lowest BCUT2D eigenvalue weighted by atomic mass is 10.3. The number of ether oxygens (including phenoxy) is 1. The van der Waals surface area contributed by atoms with Gasteiger partial charge < -0.3 is 4.74 Å². The Morgan fingerprint density at radius 3 is 2.58 bits per heavy atom. The number of nitrogens with zero attached hydrogens (tertiary/aromatic N) is 1. The summed E-state index contributed by atoms with van der Waals surface area (Å²) in [5, 5.41) is 0.576. The Kier molecular flexibility index (Phi) is 6.98. The van der Waals surface area contributed by atoms with Crippen LogP contribution in [0.15, 0.2) is 53.9 Å². The highest BCUT2D eigenvalue weighted by atomic mass is 35.5. The largest absolute Gasteiger partial charge is 0.497 e. The van der Waals surface area contributed by atoms with E-state index in [9.17, 15) is 0 Å². The van der Waals surface area contributed by atoms with Gasteiger partial charge in [-0.15, -0.1) is 0 Å². The van der Waals surface area contributed by atoms with Gasteiger partial charge in [0.05, 0.1) is 12.8 Å². The fourth-order valence-corrected chi connectivity index (χ4v) is 1.23. The zero-order chi connectivity index (χ0) is 14.1. The summed E-state index contributed by atoms with van der Waals surface area (Å²) >= 11 is 5.95. The molecule has 1 aliphatic carbocycles. The van der Waals surface area contributed by atoms with Crippen LogP contribution in [0.2, 0.25) is 0 Å². The second kappa shape index (κ2) is 8.54. The number of hydrogen-bond donors (Lipinski definition) is 0. The molecule has 0 aliphatic heterocycles. The first-order chi connectivity index (χ1) is 9.11. The maximum absolute atomic E-state index is 5.95. The molecule has 0 aromatic carbocycles. The molecule has 3 heteroatoms. The van der Waals surface area contributed by atoms with Gasteiger partial charge in [0.1, 0.15) is 5.76 Å². The summed E-state index contributed by atoms with van der Waals surface area (Å²) in [5.74, 6) is 1.64. The maximum atomic E-state index is 5.95. The van der Waals surface area contributed by atoms with E-state index in [0.717, 1.165) is 11.6 Å². The monoisotopic (exact) mass is 277 g/mol. The van der Waals surface area contributed by atoms with Gasteiger partial charge in [-0.2, -0.15) is 0 Å². The maximum Gasteiger partial charge on any atom is 0.111 e. The normalized spacial score (nSPS) is 14.8. The van der Waals surface area contributed by atoms with Crippen molar-refractivity contribution >= 4 is 17.7 Å². The average Bonchev–Trinajstić information content (AvgIpc) is 3.20. The number of halogens is 1. The molecule has 2 nitrogen and oxygen atoms in total. The zero-order valence-corrected chi connectivity index (χ0v) is 12.2. The van der Waals surface area contributed by atoms with Gasteiger partial charge in [-0.25, -0.2) is 0 Å². The molecule has 0 atom stereocenters. The van der Waals surface area contributed by atoms with E-state index >= 15 is 0 Å². The van der Waals surface area contributed by atoms with Crippen LogP contribution in [0.25, 0.3) is 6.08 Å². The molecule has 1 aliphatic rings. The molecule has 1 aromatic rings. The van der Waals surface area contributed by atoms with E-state index in [1.165, 1.54) is 12.8 Å². The van der Waals surface area contributed by atoms with Gasteiger partial charge in [0.2, 0.25) is 0 Å². The molecule has 2 rings (SSSR count). The summed E-state index contributed by atoms with van der Waals surface area (Å²) < 4.78 is 4.87. The van der Waals surface area contributed by atoms with Crippen LogP contribution >= 0.6 is 11.6 Å². The van der Waals surface area contributed by atoms with E-state index in [4.69, 9.17) is 16.3 Å². The number of allylic oxidation sites excluding steroid dienone is 3. The molecule has 1 aromatic heterocycles. The third-order valence-electron chi connectivity index (χ3n) is 2.53. The van der Waals surface area contributed by atoms with Crippen molar-refractivity contribution in [3.05, 3.63) is 59.6 Å². The molecule has 102 valence electrons. The molecule has 1 heterocycles. The molecule has 0 saturated heterocycles. The molecule has 0 amide bonds. The molecule has 0 bridgehead atoms. The first-order valence-electron chi connectivity index (χ1n) is 6.31. The predicted molar refractivity (Wildman–Crippen MR) is 81.8 cm³/mol. The predicted octanol–water partition coefficient (Wildman–Crippen LogP) is 4.79. The number of methoxy groups -OCH3 is 1. The van der Waals surface area contributed by atoms with Gasteiger partial charge in [-0.3, -0.25) is 4.98 Å². The van der Waals surface area contributed by atoms with E-state index in [0.29, 0.717) is 10.8 Å². The number of pyridine rings is 1. The molecule has 0 N–H and O–H groups in total. The minimum absolute atomic E-state index is 0.558. The summed E-state index contributed by atoms with van der Waals surface area (Å²) in [6.45, 7) is 5.92. The van der Waals surface area contributed by atoms with Gasteiger partial charge in [-0.05, 0) is 36.3 Å². The number of aromatic nitrogens is 1. The second-order valence-corrected chi connectivity index (χ2v) is 4.91. The first-order valence-corrected chi connectivity index (χ1v) is 6.69. The second-order valence-electron chi connectivity index (χ2n) is 4.47. The highest BCUT2D eigenvalue weighted by Gasteiger charge is 2.12. The molecule has 1 fully saturated rings. The lowest BCUT2D eigenvalue weighted by Gasteiger charge is -1.95. The van der Waals surface area contributed by atoms with Crippen molar-refractivity contribution in [3.63, 3.8) is 0 Å². The summed E-state index contributed by atoms with van der Waals surface area (Å²) in [4.78, 5) is 4.12. The van der Waals surface area contributed by atoms with E-state index in [2.05, 4.69) is 18.5 Å². The van der Waals surface area contributed by atoms with Crippen LogP contribution in [0.3, 0.4) is 0 Å².